The summed E-state index contributed by atoms with van der Waals surface area (Å²) in [4.78, 5) is 16.5. The number of aromatic nitrogens is 2. The molecule has 0 aliphatic carbocycles. The van der Waals surface area contributed by atoms with Crippen molar-refractivity contribution in [3.8, 4) is 5.88 Å². The van der Waals surface area contributed by atoms with Gasteiger partial charge < -0.3 is 9.72 Å². The van der Waals surface area contributed by atoms with E-state index < -0.39 is 0 Å². The van der Waals surface area contributed by atoms with Crippen molar-refractivity contribution in [1.29, 1.82) is 0 Å². The molecular weight excluding hydrogens is 188 g/mol. The Kier molecular flexibility index (Phi) is 2.87. The van der Waals surface area contributed by atoms with Gasteiger partial charge in [-0.3, -0.25) is 9.78 Å². The maximum absolute atomic E-state index is 11.2. The number of hydrogen-bond acceptors (Lipinski definition) is 3. The SMILES string of the molecule is Cc1c(OC(C)C)[nH]c(=S)[nH]c1=O. The highest BCUT2D eigenvalue weighted by molar-refractivity contribution is 7.71. The number of nitrogens with one attached hydrogen (secondary N) is 2. The second-order valence-corrected chi connectivity index (χ2v) is 3.44. The van der Waals surface area contributed by atoms with Crippen molar-refractivity contribution in [3.05, 3.63) is 20.7 Å². The van der Waals surface area contributed by atoms with Crippen LogP contribution in [0.25, 0.3) is 0 Å². The van der Waals surface area contributed by atoms with Gasteiger partial charge in [0.2, 0.25) is 5.88 Å². The topological polar surface area (TPSA) is 57.9 Å². The molecule has 0 spiro atoms. The minimum atomic E-state index is -0.209. The number of aromatic amines is 2. The summed E-state index contributed by atoms with van der Waals surface area (Å²) in [5.74, 6) is 0.448. The van der Waals surface area contributed by atoms with Gasteiger partial charge in [0.1, 0.15) is 0 Å². The van der Waals surface area contributed by atoms with Crippen LogP contribution < -0.4 is 10.3 Å². The van der Waals surface area contributed by atoms with Crippen LogP contribution in [0, 0.1) is 11.7 Å². The van der Waals surface area contributed by atoms with Crippen LogP contribution in [0.15, 0.2) is 4.79 Å². The van der Waals surface area contributed by atoms with E-state index in [1.54, 1.807) is 6.92 Å². The molecule has 0 bridgehead atoms. The van der Waals surface area contributed by atoms with Crippen molar-refractivity contribution in [2.75, 3.05) is 0 Å². The molecule has 2 N–H and O–H groups in total. The fourth-order valence-electron chi connectivity index (χ4n) is 0.882. The summed E-state index contributed by atoms with van der Waals surface area (Å²) in [5.41, 5.74) is 0.307. The van der Waals surface area contributed by atoms with E-state index in [1.165, 1.54) is 0 Å². The summed E-state index contributed by atoms with van der Waals surface area (Å²) >= 11 is 4.81. The van der Waals surface area contributed by atoms with E-state index in [0.717, 1.165) is 0 Å². The zero-order valence-corrected chi connectivity index (χ0v) is 8.62. The van der Waals surface area contributed by atoms with Crippen LogP contribution in [0.2, 0.25) is 0 Å². The molecule has 0 saturated carbocycles. The molecule has 72 valence electrons. The van der Waals surface area contributed by atoms with Crippen molar-refractivity contribution in [2.24, 2.45) is 0 Å². The lowest BCUT2D eigenvalue weighted by Crippen LogP contribution is -2.16. The molecular formula is C8H12N2O2S. The van der Waals surface area contributed by atoms with E-state index in [9.17, 15) is 4.79 Å². The van der Waals surface area contributed by atoms with Crippen LogP contribution in [0.3, 0.4) is 0 Å². The van der Waals surface area contributed by atoms with Crippen LogP contribution in [0.4, 0.5) is 0 Å². The van der Waals surface area contributed by atoms with E-state index in [2.05, 4.69) is 9.97 Å². The molecule has 0 amide bonds. The zero-order valence-electron chi connectivity index (χ0n) is 7.80. The zero-order chi connectivity index (χ0) is 10.0. The summed E-state index contributed by atoms with van der Waals surface area (Å²) < 4.78 is 5.65. The largest absolute Gasteiger partial charge is 0.476 e. The molecule has 13 heavy (non-hydrogen) atoms. The minimum absolute atomic E-state index is 0.0196. The highest BCUT2D eigenvalue weighted by atomic mass is 32.1. The molecule has 1 aromatic heterocycles. The monoisotopic (exact) mass is 200 g/mol. The van der Waals surface area contributed by atoms with Gasteiger partial charge in [-0.1, -0.05) is 0 Å². The smallest absolute Gasteiger partial charge is 0.258 e. The van der Waals surface area contributed by atoms with Crippen molar-refractivity contribution in [1.82, 2.24) is 9.97 Å². The lowest BCUT2D eigenvalue weighted by Gasteiger charge is -2.10. The maximum Gasteiger partial charge on any atom is 0.258 e. The lowest BCUT2D eigenvalue weighted by atomic mass is 10.3. The van der Waals surface area contributed by atoms with Gasteiger partial charge in [-0.2, -0.15) is 0 Å². The van der Waals surface area contributed by atoms with Crippen molar-refractivity contribution in [2.45, 2.75) is 26.9 Å². The molecule has 0 aromatic carbocycles. The number of hydrogen-bond donors (Lipinski definition) is 2. The van der Waals surface area contributed by atoms with E-state index in [4.69, 9.17) is 17.0 Å². The summed E-state index contributed by atoms with van der Waals surface area (Å²) in [5, 5.41) is 0. The van der Waals surface area contributed by atoms with Gasteiger partial charge in [0, 0.05) is 0 Å². The molecule has 0 aliphatic rings. The Labute approximate surface area is 81.0 Å². The molecule has 5 heteroatoms. The number of ether oxygens (including phenoxy) is 1. The Hall–Kier alpha value is -1.10. The van der Waals surface area contributed by atoms with Gasteiger partial charge in [-0.15, -0.1) is 0 Å². The first-order valence-electron chi connectivity index (χ1n) is 4.00. The Bertz CT molecular complexity index is 405. The van der Waals surface area contributed by atoms with Crippen LogP contribution >= 0.6 is 12.2 Å². The standard InChI is InChI=1S/C8H12N2O2S/c1-4(2)12-7-5(3)6(11)9-8(13)10-7/h4H,1-3H3,(H2,9,10,11,13). The van der Waals surface area contributed by atoms with E-state index in [1.807, 2.05) is 13.8 Å². The lowest BCUT2D eigenvalue weighted by molar-refractivity contribution is 0.229. The average Bonchev–Trinajstić information content (AvgIpc) is 1.98. The van der Waals surface area contributed by atoms with E-state index >= 15 is 0 Å². The second-order valence-electron chi connectivity index (χ2n) is 3.03. The van der Waals surface area contributed by atoms with Gasteiger partial charge in [0.05, 0.1) is 11.7 Å². The van der Waals surface area contributed by atoms with Gasteiger partial charge in [-0.25, -0.2) is 0 Å². The molecule has 1 heterocycles. The third kappa shape index (κ3) is 2.42. The summed E-state index contributed by atoms with van der Waals surface area (Å²) in [7, 11) is 0. The fourth-order valence-corrected chi connectivity index (χ4v) is 1.07. The van der Waals surface area contributed by atoms with E-state index in [-0.39, 0.29) is 16.4 Å². The quantitative estimate of drug-likeness (QED) is 0.712. The first kappa shape index (κ1) is 9.98. The first-order chi connectivity index (χ1) is 6.00. The third-order valence-corrected chi connectivity index (χ3v) is 1.69. The Balaban J connectivity index is 3.21. The predicted molar refractivity (Wildman–Crippen MR) is 52.7 cm³/mol. The van der Waals surface area contributed by atoms with Crippen molar-refractivity contribution in [3.63, 3.8) is 0 Å². The molecule has 1 rings (SSSR count). The van der Waals surface area contributed by atoms with Crippen LogP contribution in [-0.4, -0.2) is 16.1 Å². The third-order valence-electron chi connectivity index (χ3n) is 1.49. The Morgan fingerprint density at radius 1 is 1.38 bits per heavy atom. The maximum atomic E-state index is 11.2. The summed E-state index contributed by atoms with van der Waals surface area (Å²) in [6, 6.07) is 0. The number of H-pyrrole nitrogens is 2. The van der Waals surface area contributed by atoms with Gasteiger partial charge >= 0.3 is 0 Å². The van der Waals surface area contributed by atoms with Gasteiger partial charge in [0.25, 0.3) is 5.56 Å². The molecule has 0 saturated heterocycles. The normalized spacial score (nSPS) is 10.5. The summed E-state index contributed by atoms with van der Waals surface area (Å²) in [6.07, 6.45) is 0.0196. The average molecular weight is 200 g/mol. The number of rotatable bonds is 2. The highest BCUT2D eigenvalue weighted by Gasteiger charge is 2.05. The predicted octanol–water partition coefficient (Wildman–Crippen LogP) is 1.53. The molecule has 0 fully saturated rings. The highest BCUT2D eigenvalue weighted by Crippen LogP contribution is 2.09. The molecule has 1 aromatic rings. The molecule has 0 aliphatic heterocycles. The molecule has 0 atom stereocenters. The summed E-state index contributed by atoms with van der Waals surface area (Å²) in [6.45, 7) is 5.46. The minimum Gasteiger partial charge on any atom is -0.476 e. The van der Waals surface area contributed by atoms with Gasteiger partial charge in [-0.05, 0) is 33.0 Å². The second kappa shape index (κ2) is 3.74. The Morgan fingerprint density at radius 2 is 2.00 bits per heavy atom. The molecule has 0 radical (unpaired) electrons. The van der Waals surface area contributed by atoms with Crippen LogP contribution in [0.5, 0.6) is 5.88 Å². The fraction of sp³-hybridized carbons (Fsp3) is 0.500. The molecule has 4 nitrogen and oxygen atoms in total. The van der Waals surface area contributed by atoms with Crippen molar-refractivity contribution < 1.29 is 4.74 Å². The molecule has 0 unspecified atom stereocenters. The Morgan fingerprint density at radius 3 is 2.54 bits per heavy atom. The van der Waals surface area contributed by atoms with Crippen LogP contribution in [0.1, 0.15) is 19.4 Å². The van der Waals surface area contributed by atoms with Crippen molar-refractivity contribution >= 4 is 12.2 Å². The van der Waals surface area contributed by atoms with Gasteiger partial charge in [0.15, 0.2) is 4.77 Å². The van der Waals surface area contributed by atoms with Crippen LogP contribution in [-0.2, 0) is 0 Å². The first-order valence-corrected chi connectivity index (χ1v) is 4.41. The van der Waals surface area contributed by atoms with E-state index in [0.29, 0.717) is 11.4 Å².